The van der Waals surface area contributed by atoms with Gasteiger partial charge >= 0.3 is 0 Å². The van der Waals surface area contributed by atoms with Crippen molar-refractivity contribution in [3.63, 3.8) is 0 Å². The molecule has 5 aliphatic carbocycles. The molecule has 17 aromatic rings. The highest BCUT2D eigenvalue weighted by Gasteiger charge is 2.32. The molecular formula is C97H103N25O5. The van der Waals surface area contributed by atoms with Crippen LogP contribution >= 0.6 is 0 Å². The Morgan fingerprint density at radius 3 is 0.984 bits per heavy atom. The summed E-state index contributed by atoms with van der Waals surface area (Å²) in [5, 5.41) is 27.7. The van der Waals surface area contributed by atoms with Crippen LogP contribution in [0.5, 0.6) is 57.9 Å². The molecule has 646 valence electrons. The number of para-hydroxylation sites is 5. The molecule has 0 saturated heterocycles. The van der Waals surface area contributed by atoms with Gasteiger partial charge in [-0.2, -0.15) is 10.2 Å². The van der Waals surface area contributed by atoms with Crippen molar-refractivity contribution in [1.29, 1.82) is 0 Å². The van der Waals surface area contributed by atoms with E-state index in [9.17, 15) is 0 Å². The van der Waals surface area contributed by atoms with Crippen LogP contribution < -0.4 is 52.4 Å². The number of hydrogen-bond donors (Lipinski definition) is 5. The summed E-state index contributed by atoms with van der Waals surface area (Å²) in [5.41, 5.74) is 42.4. The van der Waals surface area contributed by atoms with Crippen molar-refractivity contribution in [3.05, 3.63) is 253 Å². The lowest BCUT2D eigenvalue weighted by Gasteiger charge is -2.11. The molecular weight excluding hydrogens is 1600 g/mol. The lowest BCUT2D eigenvalue weighted by atomic mass is 10.1. The van der Waals surface area contributed by atoms with Gasteiger partial charge < -0.3 is 52.4 Å². The number of aryl methyl sites for hydroxylation is 3. The number of nitrogens with zero attached hydrogens (tertiary/aromatic N) is 20. The highest BCUT2D eigenvalue weighted by molar-refractivity contribution is 5.93. The van der Waals surface area contributed by atoms with Crippen LogP contribution in [0.2, 0.25) is 0 Å². The lowest BCUT2D eigenvalue weighted by molar-refractivity contribution is 0.395. The van der Waals surface area contributed by atoms with E-state index in [0.29, 0.717) is 117 Å². The first-order valence-corrected chi connectivity index (χ1v) is 44.0. The molecule has 0 aliphatic heterocycles. The summed E-state index contributed by atoms with van der Waals surface area (Å²) in [6.07, 6.45) is 32.4. The van der Waals surface area contributed by atoms with Crippen molar-refractivity contribution >= 4 is 84.3 Å². The van der Waals surface area contributed by atoms with Crippen LogP contribution in [0.15, 0.2) is 214 Å². The zero-order chi connectivity index (χ0) is 86.7. The molecule has 7 aromatic carbocycles. The number of rotatable bonds is 19. The molecule has 5 fully saturated rings. The van der Waals surface area contributed by atoms with Gasteiger partial charge in [-0.15, -0.1) is 15.3 Å². The topological polar surface area (TPSA) is 394 Å². The van der Waals surface area contributed by atoms with Crippen LogP contribution in [0.3, 0.4) is 0 Å². The van der Waals surface area contributed by atoms with Crippen LogP contribution in [0.4, 0.5) is 29.1 Å². The van der Waals surface area contributed by atoms with E-state index < -0.39 is 0 Å². The Morgan fingerprint density at radius 2 is 0.575 bits per heavy atom. The average molecular weight is 1700 g/mol. The second-order valence-corrected chi connectivity index (χ2v) is 33.2. The van der Waals surface area contributed by atoms with Crippen LogP contribution in [0.25, 0.3) is 55.2 Å². The Bertz CT molecular complexity index is 6300. The van der Waals surface area contributed by atoms with Crippen molar-refractivity contribution in [2.24, 2.45) is 0 Å². The van der Waals surface area contributed by atoms with Crippen molar-refractivity contribution in [3.8, 4) is 57.9 Å². The SMILES string of the molecule is Cc1ccc(Cc2nn(C3CCCC3)c3ncnc(N)c23)cc1.Cc1ccc(Oc2nn(C3CCCC3)c3ncnc(N)c23)cc1.Cc1cccc(Oc2nn(C3CCCC3)c3ncnc(N)c23)c1.Nc1ncnc2c1c(Cc1ccccc1Oc1ccccc1)nn2C1CCCC1.Nc1ncnc2c1c(Oc1ccccc1Oc1ccccc1)nn2C1CCCC1. The van der Waals surface area contributed by atoms with Gasteiger partial charge in [0, 0.05) is 18.4 Å². The van der Waals surface area contributed by atoms with Crippen LogP contribution in [-0.2, 0) is 12.8 Å². The molecule has 0 amide bonds. The Labute approximate surface area is 734 Å². The number of benzene rings is 7. The van der Waals surface area contributed by atoms with Crippen LogP contribution in [-0.4, -0.2) is 98.7 Å². The molecule has 0 spiro atoms. The largest absolute Gasteiger partial charge is 0.457 e. The summed E-state index contributed by atoms with van der Waals surface area (Å²) < 4.78 is 40.3. The molecule has 10 N–H and O–H groups in total. The van der Waals surface area contributed by atoms with Gasteiger partial charge in [-0.1, -0.05) is 191 Å². The molecule has 0 unspecified atom stereocenters. The summed E-state index contributed by atoms with van der Waals surface area (Å²) in [6, 6.07) is 61.1. The molecule has 5 aliphatic rings. The van der Waals surface area contributed by atoms with Gasteiger partial charge in [0.25, 0.3) is 17.6 Å². The zero-order valence-corrected chi connectivity index (χ0v) is 71.5. The third kappa shape index (κ3) is 18.7. The van der Waals surface area contributed by atoms with Crippen molar-refractivity contribution in [2.75, 3.05) is 28.7 Å². The summed E-state index contributed by atoms with van der Waals surface area (Å²) in [6.45, 7) is 6.17. The highest BCUT2D eigenvalue weighted by atomic mass is 16.5. The van der Waals surface area contributed by atoms with Gasteiger partial charge in [-0.05, 0) is 163 Å². The quantitative estimate of drug-likeness (QED) is 0.0502. The van der Waals surface area contributed by atoms with Crippen molar-refractivity contribution in [2.45, 2.75) is 192 Å². The van der Waals surface area contributed by atoms with Crippen LogP contribution in [0, 0.1) is 20.8 Å². The maximum Gasteiger partial charge on any atom is 0.251 e. The van der Waals surface area contributed by atoms with Gasteiger partial charge in [0.15, 0.2) is 39.7 Å². The maximum atomic E-state index is 6.25. The number of hydrogen-bond acceptors (Lipinski definition) is 25. The smallest absolute Gasteiger partial charge is 0.251 e. The molecule has 30 heteroatoms. The average Bonchev–Trinajstić information content (AvgIpc) is 1.65. The van der Waals surface area contributed by atoms with Crippen LogP contribution in [0.1, 0.15) is 198 Å². The molecule has 0 bridgehead atoms. The Kier molecular flexibility index (Phi) is 25.0. The third-order valence-corrected chi connectivity index (χ3v) is 24.3. The van der Waals surface area contributed by atoms with Gasteiger partial charge in [0.2, 0.25) is 0 Å². The number of aromatic nitrogens is 20. The number of anilines is 5. The van der Waals surface area contributed by atoms with E-state index >= 15 is 0 Å². The minimum absolute atomic E-state index is 0.306. The van der Waals surface area contributed by atoms with Gasteiger partial charge in [0.1, 0.15) is 106 Å². The van der Waals surface area contributed by atoms with Gasteiger partial charge in [-0.3, -0.25) is 0 Å². The summed E-state index contributed by atoms with van der Waals surface area (Å²) in [5.74, 6) is 8.52. The van der Waals surface area contributed by atoms with E-state index in [1.165, 1.54) is 119 Å². The van der Waals surface area contributed by atoms with Gasteiger partial charge in [0.05, 0.1) is 52.4 Å². The first-order chi connectivity index (χ1) is 62.2. The van der Waals surface area contributed by atoms with E-state index in [2.05, 4.69) is 107 Å². The standard InChI is InChI=1S/C23H23N5O.C22H21N5O2.C18H21N5.2C17H19N5O/c24-22-21-19(27-28(17-9-5-6-10-17)23(21)26-15-25-22)14-16-8-4-7-13-20(16)29-18-11-2-1-3-12-18;23-20-19-21(25-14-24-20)27(15-8-4-5-9-15)26-22(19)29-18-13-7-6-12-17(18)28-16-10-2-1-3-11-16;1-12-6-8-13(9-7-12)10-15-16-17(19)20-11-21-18(16)23(22-15)14-4-2-3-5-14;1-11-5-4-8-13(9-11)23-17-14-15(18)19-10-20-16(14)22(21-17)12-6-2-3-7-12;1-11-6-8-13(9-7-11)23-17-14-15(18)19-10-20-16(14)22(21-17)12-4-2-3-5-12/h1-4,7-8,11-13,15,17H,5-6,9-10,14H2,(H2,24,25,26);1-3,6-7,10-15H,4-5,8-9H2,(H2,23,24,25);6-9,11,14H,2-5,10H2,1H3,(H2,19,20,21);4-5,8-10,12H,2-3,6-7H2,1H3,(H2,18,19,20);6-10,12H,2-5H2,1H3,(H2,18,19,20). The van der Waals surface area contributed by atoms with E-state index in [1.54, 1.807) is 6.33 Å². The Morgan fingerprint density at radius 1 is 0.268 bits per heavy atom. The number of fused-ring (bicyclic) bond motifs is 5. The Hall–Kier alpha value is -14.7. The fraction of sp³-hybridized carbons (Fsp3) is 0.309. The van der Waals surface area contributed by atoms with E-state index in [4.69, 9.17) is 67.6 Å². The van der Waals surface area contributed by atoms with E-state index in [0.717, 1.165) is 142 Å². The lowest BCUT2D eigenvalue weighted by Crippen LogP contribution is -2.08. The monoisotopic (exact) mass is 1700 g/mol. The fourth-order valence-corrected chi connectivity index (χ4v) is 17.8. The molecule has 10 aromatic heterocycles. The molecule has 0 radical (unpaired) electrons. The summed E-state index contributed by atoms with van der Waals surface area (Å²) in [7, 11) is 0. The normalized spacial score (nSPS) is 15.0. The molecule has 30 nitrogen and oxygen atoms in total. The van der Waals surface area contributed by atoms with E-state index in [1.807, 2.05) is 180 Å². The highest BCUT2D eigenvalue weighted by Crippen LogP contribution is 2.45. The second-order valence-electron chi connectivity index (χ2n) is 33.2. The van der Waals surface area contributed by atoms with Crippen molar-refractivity contribution < 1.29 is 23.7 Å². The Balaban J connectivity index is 0.000000108. The maximum absolute atomic E-state index is 6.25. The first-order valence-electron chi connectivity index (χ1n) is 44.0. The fourth-order valence-electron chi connectivity index (χ4n) is 17.8. The summed E-state index contributed by atoms with van der Waals surface area (Å²) in [4.78, 5) is 43.0. The zero-order valence-electron chi connectivity index (χ0n) is 71.5. The van der Waals surface area contributed by atoms with Gasteiger partial charge in [-0.25, -0.2) is 73.2 Å². The molecule has 127 heavy (non-hydrogen) atoms. The minimum Gasteiger partial charge on any atom is -0.457 e. The second kappa shape index (κ2) is 38.2. The molecule has 10 heterocycles. The first kappa shape index (κ1) is 83.2. The van der Waals surface area contributed by atoms with E-state index in [-0.39, 0.29) is 0 Å². The number of ether oxygens (including phenoxy) is 5. The third-order valence-electron chi connectivity index (χ3n) is 24.3. The molecule has 5 saturated carbocycles. The number of nitrogens with two attached hydrogens (primary N) is 5. The van der Waals surface area contributed by atoms with Crippen molar-refractivity contribution in [1.82, 2.24) is 98.7 Å². The molecule has 0 atom stereocenters. The number of nitrogen functional groups attached to an aromatic ring is 5. The summed E-state index contributed by atoms with van der Waals surface area (Å²) >= 11 is 0. The predicted octanol–water partition coefficient (Wildman–Crippen LogP) is 20.7. The minimum atomic E-state index is 0.306. The predicted molar refractivity (Wildman–Crippen MR) is 491 cm³/mol. The molecule has 22 rings (SSSR count).